The molecule has 1 aromatic carbocycles. The maximum atomic E-state index is 13.6. The minimum atomic E-state index is -0.750. The zero-order valence-corrected chi connectivity index (χ0v) is 11.6. The molecule has 0 spiro atoms. The van der Waals surface area contributed by atoms with Gasteiger partial charge < -0.3 is 9.84 Å². The van der Waals surface area contributed by atoms with Crippen LogP contribution >= 0.6 is 0 Å². The Hall–Kier alpha value is -0.970. The number of rotatable bonds is 4. The van der Waals surface area contributed by atoms with Crippen molar-refractivity contribution in [1.82, 2.24) is 4.90 Å². The fourth-order valence-electron chi connectivity index (χ4n) is 2.48. The van der Waals surface area contributed by atoms with E-state index in [4.69, 9.17) is 4.74 Å². The SMILES string of the molecule is CC1(C)COCCN1CCC(O)c1ccccc1F. The average molecular weight is 267 g/mol. The Morgan fingerprint density at radius 3 is 2.84 bits per heavy atom. The molecule has 1 aliphatic rings. The first-order chi connectivity index (χ1) is 9.00. The van der Waals surface area contributed by atoms with Crippen LogP contribution in [0.25, 0.3) is 0 Å². The van der Waals surface area contributed by atoms with Crippen LogP contribution in [0.15, 0.2) is 24.3 Å². The normalized spacial score (nSPS) is 21.3. The lowest BCUT2D eigenvalue weighted by molar-refractivity contribution is -0.0553. The number of aliphatic hydroxyl groups is 1. The number of benzene rings is 1. The largest absolute Gasteiger partial charge is 0.388 e. The Labute approximate surface area is 114 Å². The van der Waals surface area contributed by atoms with Gasteiger partial charge in [0.2, 0.25) is 0 Å². The predicted octanol–water partition coefficient (Wildman–Crippen LogP) is 2.36. The topological polar surface area (TPSA) is 32.7 Å². The van der Waals surface area contributed by atoms with Gasteiger partial charge in [0, 0.05) is 24.2 Å². The number of hydrogen-bond acceptors (Lipinski definition) is 3. The Morgan fingerprint density at radius 1 is 1.42 bits per heavy atom. The van der Waals surface area contributed by atoms with Crippen LogP contribution in [0.3, 0.4) is 0 Å². The third-order valence-corrected chi connectivity index (χ3v) is 3.75. The second-order valence-electron chi connectivity index (χ2n) is 5.68. The third kappa shape index (κ3) is 3.53. The van der Waals surface area contributed by atoms with Crippen molar-refractivity contribution in [1.29, 1.82) is 0 Å². The van der Waals surface area contributed by atoms with Gasteiger partial charge in [-0.1, -0.05) is 18.2 Å². The van der Waals surface area contributed by atoms with Crippen LogP contribution in [0.2, 0.25) is 0 Å². The molecule has 1 aliphatic heterocycles. The zero-order chi connectivity index (χ0) is 13.9. The van der Waals surface area contributed by atoms with Gasteiger partial charge in [-0.2, -0.15) is 0 Å². The lowest BCUT2D eigenvalue weighted by Gasteiger charge is -2.42. The molecule has 0 radical (unpaired) electrons. The standard InChI is InChI=1S/C15H22FNO2/c1-15(2)11-19-10-9-17(15)8-7-14(18)12-5-3-4-6-13(12)16/h3-6,14,18H,7-11H2,1-2H3. The maximum absolute atomic E-state index is 13.6. The molecular weight excluding hydrogens is 245 g/mol. The number of nitrogens with zero attached hydrogens (tertiary/aromatic N) is 1. The van der Waals surface area contributed by atoms with Crippen LogP contribution in [0.1, 0.15) is 31.9 Å². The molecule has 106 valence electrons. The Balaban J connectivity index is 1.93. The van der Waals surface area contributed by atoms with Crippen LogP contribution < -0.4 is 0 Å². The highest BCUT2D eigenvalue weighted by atomic mass is 19.1. The quantitative estimate of drug-likeness (QED) is 0.909. The Kier molecular flexibility index (Phi) is 4.55. The smallest absolute Gasteiger partial charge is 0.128 e. The maximum Gasteiger partial charge on any atom is 0.128 e. The van der Waals surface area contributed by atoms with Gasteiger partial charge >= 0.3 is 0 Å². The molecule has 0 aromatic heterocycles. The van der Waals surface area contributed by atoms with Crippen molar-refractivity contribution in [2.24, 2.45) is 0 Å². The Morgan fingerprint density at radius 2 is 2.16 bits per heavy atom. The first-order valence-electron chi connectivity index (χ1n) is 6.76. The van der Waals surface area contributed by atoms with E-state index in [-0.39, 0.29) is 11.4 Å². The van der Waals surface area contributed by atoms with E-state index >= 15 is 0 Å². The van der Waals surface area contributed by atoms with E-state index in [1.54, 1.807) is 18.2 Å². The highest BCUT2D eigenvalue weighted by molar-refractivity contribution is 5.19. The van der Waals surface area contributed by atoms with Gasteiger partial charge in [0.05, 0.1) is 19.3 Å². The van der Waals surface area contributed by atoms with Crippen molar-refractivity contribution >= 4 is 0 Å². The molecule has 0 bridgehead atoms. The summed E-state index contributed by atoms with van der Waals surface area (Å²) in [6.45, 7) is 7.27. The van der Waals surface area contributed by atoms with Gasteiger partial charge in [-0.15, -0.1) is 0 Å². The third-order valence-electron chi connectivity index (χ3n) is 3.75. The first-order valence-corrected chi connectivity index (χ1v) is 6.76. The van der Waals surface area contributed by atoms with Crippen LogP contribution in [0, 0.1) is 5.82 Å². The summed E-state index contributed by atoms with van der Waals surface area (Å²) < 4.78 is 19.0. The zero-order valence-electron chi connectivity index (χ0n) is 11.6. The summed E-state index contributed by atoms with van der Waals surface area (Å²) in [6, 6.07) is 6.42. The number of hydrogen-bond donors (Lipinski definition) is 1. The molecule has 1 N–H and O–H groups in total. The van der Waals surface area contributed by atoms with E-state index in [1.165, 1.54) is 6.07 Å². The van der Waals surface area contributed by atoms with E-state index in [0.29, 0.717) is 18.6 Å². The number of halogens is 1. The summed E-state index contributed by atoms with van der Waals surface area (Å²) in [5.74, 6) is -0.337. The molecule has 1 aromatic rings. The van der Waals surface area contributed by atoms with Crippen LogP contribution in [-0.2, 0) is 4.74 Å². The highest BCUT2D eigenvalue weighted by Gasteiger charge is 2.30. The summed E-state index contributed by atoms with van der Waals surface area (Å²) in [5, 5.41) is 10.1. The van der Waals surface area contributed by atoms with Crippen molar-refractivity contribution in [3.8, 4) is 0 Å². The number of aliphatic hydroxyl groups excluding tert-OH is 1. The van der Waals surface area contributed by atoms with E-state index < -0.39 is 6.10 Å². The summed E-state index contributed by atoms with van der Waals surface area (Å²) in [4.78, 5) is 2.29. The number of morpholine rings is 1. The molecule has 1 unspecified atom stereocenters. The van der Waals surface area contributed by atoms with E-state index in [1.807, 2.05) is 0 Å². The summed E-state index contributed by atoms with van der Waals surface area (Å²) in [5.41, 5.74) is 0.362. The van der Waals surface area contributed by atoms with Crippen molar-refractivity contribution in [2.45, 2.75) is 31.9 Å². The lowest BCUT2D eigenvalue weighted by Crippen LogP contribution is -2.53. The average Bonchev–Trinajstić information content (AvgIpc) is 2.37. The Bertz CT molecular complexity index is 422. The first kappa shape index (κ1) is 14.4. The van der Waals surface area contributed by atoms with Gasteiger partial charge in [-0.25, -0.2) is 4.39 Å². The molecule has 1 atom stereocenters. The molecule has 0 saturated carbocycles. The lowest BCUT2D eigenvalue weighted by atomic mass is 10.0. The molecular formula is C15H22FNO2. The molecule has 0 amide bonds. The number of ether oxygens (including phenoxy) is 1. The molecule has 3 nitrogen and oxygen atoms in total. The predicted molar refractivity (Wildman–Crippen MR) is 72.4 cm³/mol. The molecule has 0 aliphatic carbocycles. The van der Waals surface area contributed by atoms with Crippen LogP contribution in [-0.4, -0.2) is 41.8 Å². The van der Waals surface area contributed by atoms with Gasteiger partial charge in [0.25, 0.3) is 0 Å². The minimum absolute atomic E-state index is 0.0206. The van der Waals surface area contributed by atoms with Crippen molar-refractivity contribution in [3.05, 3.63) is 35.6 Å². The summed E-state index contributed by atoms with van der Waals surface area (Å²) in [6.07, 6.45) is -0.218. The van der Waals surface area contributed by atoms with Gasteiger partial charge in [-0.3, -0.25) is 4.90 Å². The van der Waals surface area contributed by atoms with Crippen molar-refractivity contribution in [2.75, 3.05) is 26.3 Å². The molecule has 19 heavy (non-hydrogen) atoms. The van der Waals surface area contributed by atoms with E-state index in [2.05, 4.69) is 18.7 Å². The second kappa shape index (κ2) is 5.99. The van der Waals surface area contributed by atoms with Gasteiger partial charge in [-0.05, 0) is 26.3 Å². The second-order valence-corrected chi connectivity index (χ2v) is 5.68. The van der Waals surface area contributed by atoms with Gasteiger partial charge in [0.1, 0.15) is 5.82 Å². The van der Waals surface area contributed by atoms with Crippen LogP contribution in [0.5, 0.6) is 0 Å². The van der Waals surface area contributed by atoms with E-state index in [0.717, 1.165) is 19.7 Å². The fraction of sp³-hybridized carbons (Fsp3) is 0.600. The van der Waals surface area contributed by atoms with E-state index in [9.17, 15) is 9.50 Å². The molecule has 4 heteroatoms. The van der Waals surface area contributed by atoms with Crippen molar-refractivity contribution < 1.29 is 14.2 Å². The minimum Gasteiger partial charge on any atom is -0.388 e. The molecule has 2 rings (SSSR count). The monoisotopic (exact) mass is 267 g/mol. The summed E-state index contributed by atoms with van der Waals surface area (Å²) >= 11 is 0. The van der Waals surface area contributed by atoms with Gasteiger partial charge in [0.15, 0.2) is 0 Å². The molecule has 1 saturated heterocycles. The highest BCUT2D eigenvalue weighted by Crippen LogP contribution is 2.24. The summed E-state index contributed by atoms with van der Waals surface area (Å²) in [7, 11) is 0. The van der Waals surface area contributed by atoms with Crippen molar-refractivity contribution in [3.63, 3.8) is 0 Å². The molecule has 1 heterocycles. The van der Waals surface area contributed by atoms with Crippen LogP contribution in [0.4, 0.5) is 4.39 Å². The fourth-order valence-corrected chi connectivity index (χ4v) is 2.48. The molecule has 1 fully saturated rings.